The standard InChI is InChI=1S/C16H28N2O2/c1-20-5-4-17-15(19)2-3-18-16-13-7-11-6-12(9-13)10-14(16)8-11/h11-14,16,18H,2-10H2,1H3,(H,17,19). The van der Waals surface area contributed by atoms with Gasteiger partial charge in [-0.1, -0.05) is 0 Å². The van der Waals surface area contributed by atoms with Crippen LogP contribution in [-0.4, -0.2) is 38.8 Å². The first-order chi connectivity index (χ1) is 9.76. The summed E-state index contributed by atoms with van der Waals surface area (Å²) in [6.45, 7) is 2.04. The minimum Gasteiger partial charge on any atom is -0.383 e. The molecule has 4 aliphatic rings. The van der Waals surface area contributed by atoms with Crippen LogP contribution in [0.4, 0.5) is 0 Å². The molecule has 20 heavy (non-hydrogen) atoms. The van der Waals surface area contributed by atoms with Crippen molar-refractivity contribution in [3.63, 3.8) is 0 Å². The van der Waals surface area contributed by atoms with Crippen molar-refractivity contribution in [2.24, 2.45) is 23.7 Å². The van der Waals surface area contributed by atoms with Crippen molar-refractivity contribution >= 4 is 5.91 Å². The Morgan fingerprint density at radius 1 is 1.05 bits per heavy atom. The zero-order valence-corrected chi connectivity index (χ0v) is 12.6. The summed E-state index contributed by atoms with van der Waals surface area (Å²) in [5.41, 5.74) is 0. The van der Waals surface area contributed by atoms with Gasteiger partial charge in [0, 0.05) is 32.7 Å². The van der Waals surface area contributed by atoms with Crippen molar-refractivity contribution in [2.45, 2.75) is 44.6 Å². The van der Waals surface area contributed by atoms with Crippen molar-refractivity contribution in [3.05, 3.63) is 0 Å². The van der Waals surface area contributed by atoms with Gasteiger partial charge in [0.2, 0.25) is 5.91 Å². The third-order valence-electron chi connectivity index (χ3n) is 5.59. The van der Waals surface area contributed by atoms with E-state index in [1.165, 1.54) is 32.1 Å². The van der Waals surface area contributed by atoms with Crippen molar-refractivity contribution < 1.29 is 9.53 Å². The van der Waals surface area contributed by atoms with Gasteiger partial charge >= 0.3 is 0 Å². The number of hydrogen-bond acceptors (Lipinski definition) is 3. The molecule has 0 heterocycles. The van der Waals surface area contributed by atoms with Crippen LogP contribution >= 0.6 is 0 Å². The molecule has 4 heteroatoms. The molecule has 4 nitrogen and oxygen atoms in total. The molecule has 0 aliphatic heterocycles. The molecule has 4 bridgehead atoms. The number of hydrogen-bond donors (Lipinski definition) is 2. The van der Waals surface area contributed by atoms with Gasteiger partial charge in [-0.25, -0.2) is 0 Å². The molecule has 1 amide bonds. The molecule has 0 aromatic carbocycles. The average Bonchev–Trinajstić information content (AvgIpc) is 2.41. The summed E-state index contributed by atoms with van der Waals surface area (Å²) in [5, 5.41) is 6.58. The fraction of sp³-hybridized carbons (Fsp3) is 0.938. The number of carbonyl (C=O) groups is 1. The topological polar surface area (TPSA) is 50.4 Å². The molecule has 0 saturated heterocycles. The SMILES string of the molecule is COCCNC(=O)CCNC1C2CC3CC(C2)CC1C3. The van der Waals surface area contributed by atoms with Crippen LogP contribution in [-0.2, 0) is 9.53 Å². The Morgan fingerprint density at radius 3 is 2.30 bits per heavy atom. The van der Waals surface area contributed by atoms with Crippen LogP contribution in [0.5, 0.6) is 0 Å². The lowest BCUT2D eigenvalue weighted by atomic mass is 9.54. The highest BCUT2D eigenvalue weighted by molar-refractivity contribution is 5.76. The molecule has 4 aliphatic carbocycles. The predicted octanol–water partition coefficient (Wildman–Crippen LogP) is 1.55. The van der Waals surface area contributed by atoms with Crippen LogP contribution in [0.2, 0.25) is 0 Å². The molecular formula is C16H28N2O2. The molecule has 4 saturated carbocycles. The van der Waals surface area contributed by atoms with E-state index in [-0.39, 0.29) is 5.91 Å². The van der Waals surface area contributed by atoms with Gasteiger partial charge < -0.3 is 15.4 Å². The highest BCUT2D eigenvalue weighted by atomic mass is 16.5. The molecule has 0 radical (unpaired) electrons. The maximum atomic E-state index is 11.7. The third kappa shape index (κ3) is 3.17. The van der Waals surface area contributed by atoms with Crippen LogP contribution in [0, 0.1) is 23.7 Å². The first-order valence-electron chi connectivity index (χ1n) is 8.25. The number of amides is 1. The molecule has 2 N–H and O–H groups in total. The van der Waals surface area contributed by atoms with Gasteiger partial charge in [-0.15, -0.1) is 0 Å². The monoisotopic (exact) mass is 280 g/mol. The molecule has 0 spiro atoms. The fourth-order valence-electron chi connectivity index (χ4n) is 4.99. The molecular weight excluding hydrogens is 252 g/mol. The summed E-state index contributed by atoms with van der Waals surface area (Å²) in [5.74, 6) is 3.96. The van der Waals surface area contributed by atoms with Gasteiger partial charge in [-0.2, -0.15) is 0 Å². The second kappa shape index (κ2) is 6.44. The summed E-state index contributed by atoms with van der Waals surface area (Å²) in [6.07, 6.45) is 7.83. The fourth-order valence-corrected chi connectivity index (χ4v) is 4.99. The quantitative estimate of drug-likeness (QED) is 0.696. The number of nitrogens with one attached hydrogen (secondary N) is 2. The van der Waals surface area contributed by atoms with Gasteiger partial charge in [-0.05, 0) is 55.8 Å². The number of ether oxygens (including phenoxy) is 1. The lowest BCUT2D eigenvalue weighted by Gasteiger charge is -2.54. The van der Waals surface area contributed by atoms with Gasteiger partial charge in [0.15, 0.2) is 0 Å². The second-order valence-corrected chi connectivity index (χ2v) is 7.00. The van der Waals surface area contributed by atoms with Gasteiger partial charge in [-0.3, -0.25) is 4.79 Å². The Hall–Kier alpha value is -0.610. The van der Waals surface area contributed by atoms with Crippen molar-refractivity contribution in [1.82, 2.24) is 10.6 Å². The molecule has 4 rings (SSSR count). The molecule has 0 aromatic rings. The van der Waals surface area contributed by atoms with Crippen molar-refractivity contribution in [3.8, 4) is 0 Å². The largest absolute Gasteiger partial charge is 0.383 e. The lowest BCUT2D eigenvalue weighted by Crippen LogP contribution is -2.54. The van der Waals surface area contributed by atoms with Gasteiger partial charge in [0.05, 0.1) is 6.61 Å². The average molecular weight is 280 g/mol. The normalized spacial score (nSPS) is 38.1. The summed E-state index contributed by atoms with van der Waals surface area (Å²) >= 11 is 0. The van der Waals surface area contributed by atoms with E-state index in [1.807, 2.05) is 0 Å². The van der Waals surface area contributed by atoms with Crippen LogP contribution in [0.3, 0.4) is 0 Å². The highest BCUT2D eigenvalue weighted by Gasteiger charge is 2.47. The van der Waals surface area contributed by atoms with E-state index in [0.717, 1.165) is 30.2 Å². The summed E-state index contributed by atoms with van der Waals surface area (Å²) in [4.78, 5) is 11.7. The van der Waals surface area contributed by atoms with E-state index in [2.05, 4.69) is 10.6 Å². The first-order valence-corrected chi connectivity index (χ1v) is 8.25. The van der Waals surface area contributed by atoms with E-state index < -0.39 is 0 Å². The van der Waals surface area contributed by atoms with E-state index in [0.29, 0.717) is 25.6 Å². The maximum Gasteiger partial charge on any atom is 0.221 e. The smallest absolute Gasteiger partial charge is 0.221 e. The Labute approximate surface area is 122 Å². The molecule has 114 valence electrons. The summed E-state index contributed by atoms with van der Waals surface area (Å²) < 4.78 is 4.93. The molecule has 4 fully saturated rings. The first kappa shape index (κ1) is 14.3. The lowest BCUT2D eigenvalue weighted by molar-refractivity contribution is -0.121. The van der Waals surface area contributed by atoms with Crippen LogP contribution in [0.15, 0.2) is 0 Å². The molecule has 0 atom stereocenters. The van der Waals surface area contributed by atoms with Gasteiger partial charge in [0.25, 0.3) is 0 Å². The number of methoxy groups -OCH3 is 1. The van der Waals surface area contributed by atoms with Crippen molar-refractivity contribution in [1.29, 1.82) is 0 Å². The summed E-state index contributed by atoms with van der Waals surface area (Å²) in [6, 6.07) is 0.689. The van der Waals surface area contributed by atoms with Crippen LogP contribution in [0.1, 0.15) is 38.5 Å². The van der Waals surface area contributed by atoms with E-state index >= 15 is 0 Å². The third-order valence-corrected chi connectivity index (χ3v) is 5.59. The number of carbonyl (C=O) groups excluding carboxylic acids is 1. The Balaban J connectivity index is 1.37. The zero-order chi connectivity index (χ0) is 13.9. The summed E-state index contributed by atoms with van der Waals surface area (Å²) in [7, 11) is 1.65. The second-order valence-electron chi connectivity index (χ2n) is 7.00. The maximum absolute atomic E-state index is 11.7. The van der Waals surface area contributed by atoms with Crippen molar-refractivity contribution in [2.75, 3.05) is 26.8 Å². The molecule has 0 aromatic heterocycles. The predicted molar refractivity (Wildman–Crippen MR) is 78.3 cm³/mol. The Bertz CT molecular complexity index is 317. The van der Waals surface area contributed by atoms with Crippen LogP contribution < -0.4 is 10.6 Å². The van der Waals surface area contributed by atoms with E-state index in [4.69, 9.17) is 4.74 Å². The van der Waals surface area contributed by atoms with E-state index in [1.54, 1.807) is 7.11 Å². The minimum absolute atomic E-state index is 0.137. The zero-order valence-electron chi connectivity index (χ0n) is 12.6. The Kier molecular flexibility index (Phi) is 4.61. The Morgan fingerprint density at radius 2 is 1.70 bits per heavy atom. The molecule has 0 unspecified atom stereocenters. The highest BCUT2D eigenvalue weighted by Crippen LogP contribution is 2.53. The van der Waals surface area contributed by atoms with Crippen LogP contribution in [0.25, 0.3) is 0 Å². The number of rotatable bonds is 7. The van der Waals surface area contributed by atoms with E-state index in [9.17, 15) is 4.79 Å². The van der Waals surface area contributed by atoms with Gasteiger partial charge in [0.1, 0.15) is 0 Å². The minimum atomic E-state index is 0.137.